The molecule has 0 bridgehead atoms. The van der Waals surface area contributed by atoms with Crippen LogP contribution >= 0.6 is 0 Å². The molecule has 50 valence electrons. The monoisotopic (exact) mass is 133 g/mol. The van der Waals surface area contributed by atoms with Crippen LogP contribution < -0.4 is 5.32 Å². The van der Waals surface area contributed by atoms with Crippen molar-refractivity contribution in [2.45, 2.75) is 0 Å². The van der Waals surface area contributed by atoms with Crippen LogP contribution in [-0.4, -0.2) is 5.94 Å². The van der Waals surface area contributed by atoms with E-state index in [4.69, 9.17) is 0 Å². The number of carbonyl (C=O) groups excluding carboxylic acids is 1. The summed E-state index contributed by atoms with van der Waals surface area (Å²) in [5.74, 6) is 1.67. The Balaban J connectivity index is 2.66. The molecule has 10 heavy (non-hydrogen) atoms. The van der Waals surface area contributed by atoms with Gasteiger partial charge in [-0.05, 0) is 18.2 Å². The first-order valence-electron chi connectivity index (χ1n) is 2.94. The molecule has 1 rings (SSSR count). The Labute approximate surface area is 59.2 Å². The molecule has 0 atom stereocenters. The summed E-state index contributed by atoms with van der Waals surface area (Å²) in [6, 6.07) is 0. The molecule has 0 unspecified atom stereocenters. The Morgan fingerprint density at radius 3 is 3.00 bits per heavy atom. The summed E-state index contributed by atoms with van der Waals surface area (Å²) in [4.78, 5) is 9.75. The summed E-state index contributed by atoms with van der Waals surface area (Å²) in [6.07, 6.45) is 10.4. The van der Waals surface area contributed by atoms with E-state index in [1.165, 1.54) is 6.08 Å². The third-order valence-electron chi connectivity index (χ3n) is 1.06. The van der Waals surface area contributed by atoms with Gasteiger partial charge in [0.1, 0.15) is 5.94 Å². The second-order valence-corrected chi connectivity index (χ2v) is 1.77. The lowest BCUT2D eigenvalue weighted by molar-refractivity contribution is 0.569. The zero-order valence-corrected chi connectivity index (χ0v) is 5.37. The van der Waals surface area contributed by atoms with Crippen LogP contribution in [0.2, 0.25) is 0 Å². The largest absolute Gasteiger partial charge is 0.362 e. The SMILES string of the molecule is O=C=CC=C1C=CC=CN1. The van der Waals surface area contributed by atoms with Gasteiger partial charge in [-0.3, -0.25) is 0 Å². The summed E-state index contributed by atoms with van der Waals surface area (Å²) < 4.78 is 0. The molecule has 1 aliphatic rings. The lowest BCUT2D eigenvalue weighted by Crippen LogP contribution is -2.03. The molecule has 0 aromatic carbocycles. The van der Waals surface area contributed by atoms with Crippen molar-refractivity contribution in [3.05, 3.63) is 42.3 Å². The Bertz CT molecular complexity index is 242. The van der Waals surface area contributed by atoms with Gasteiger partial charge in [0.25, 0.3) is 0 Å². The third kappa shape index (κ3) is 1.77. The maximum atomic E-state index is 9.75. The topological polar surface area (TPSA) is 29.1 Å². The molecule has 0 aromatic rings. The van der Waals surface area contributed by atoms with Crippen LogP contribution in [0.4, 0.5) is 0 Å². The molecule has 2 nitrogen and oxygen atoms in total. The van der Waals surface area contributed by atoms with Crippen molar-refractivity contribution in [2.75, 3.05) is 0 Å². The summed E-state index contributed by atoms with van der Waals surface area (Å²) in [5.41, 5.74) is 0.894. The second-order valence-electron chi connectivity index (χ2n) is 1.77. The Morgan fingerprint density at radius 1 is 1.50 bits per heavy atom. The zero-order chi connectivity index (χ0) is 7.23. The molecule has 1 N–H and O–H groups in total. The highest BCUT2D eigenvalue weighted by atomic mass is 16.1. The predicted molar refractivity (Wildman–Crippen MR) is 39.8 cm³/mol. The first-order valence-corrected chi connectivity index (χ1v) is 2.94. The van der Waals surface area contributed by atoms with Gasteiger partial charge in [0, 0.05) is 18.0 Å². The fourth-order valence-corrected chi connectivity index (χ4v) is 0.635. The van der Waals surface area contributed by atoms with Gasteiger partial charge in [0.05, 0.1) is 0 Å². The number of hydrogen-bond donors (Lipinski definition) is 1. The molecule has 0 saturated carbocycles. The maximum Gasteiger partial charge on any atom is 0.124 e. The molecule has 0 fully saturated rings. The first-order chi connectivity index (χ1) is 4.93. The van der Waals surface area contributed by atoms with Crippen molar-refractivity contribution in [3.8, 4) is 0 Å². The minimum Gasteiger partial charge on any atom is -0.362 e. The van der Waals surface area contributed by atoms with Crippen LogP contribution in [0.25, 0.3) is 0 Å². The second kappa shape index (κ2) is 3.49. The van der Waals surface area contributed by atoms with E-state index in [1.807, 2.05) is 18.2 Å². The number of nitrogens with one attached hydrogen (secondary N) is 1. The van der Waals surface area contributed by atoms with Crippen LogP contribution in [0.5, 0.6) is 0 Å². The van der Waals surface area contributed by atoms with E-state index in [-0.39, 0.29) is 0 Å². The molecule has 0 aromatic heterocycles. The molecule has 1 aliphatic heterocycles. The Kier molecular flexibility index (Phi) is 2.30. The molecule has 0 spiro atoms. The summed E-state index contributed by atoms with van der Waals surface area (Å²) in [5, 5.41) is 2.94. The summed E-state index contributed by atoms with van der Waals surface area (Å²) in [6.45, 7) is 0. The van der Waals surface area contributed by atoms with E-state index in [2.05, 4.69) is 5.32 Å². The fourth-order valence-electron chi connectivity index (χ4n) is 0.635. The van der Waals surface area contributed by atoms with Gasteiger partial charge >= 0.3 is 0 Å². The average molecular weight is 133 g/mol. The van der Waals surface area contributed by atoms with Crippen molar-refractivity contribution in [3.63, 3.8) is 0 Å². The quantitative estimate of drug-likeness (QED) is 0.539. The van der Waals surface area contributed by atoms with Gasteiger partial charge in [0.15, 0.2) is 0 Å². The molecule has 0 radical (unpaired) electrons. The normalized spacial score (nSPS) is 18.2. The highest BCUT2D eigenvalue weighted by Crippen LogP contribution is 1.96. The lowest BCUT2D eigenvalue weighted by Gasteiger charge is -2.01. The van der Waals surface area contributed by atoms with E-state index < -0.39 is 0 Å². The van der Waals surface area contributed by atoms with Crippen molar-refractivity contribution in [1.82, 2.24) is 5.32 Å². The minimum atomic E-state index is 0.894. The smallest absolute Gasteiger partial charge is 0.124 e. The molecule has 0 amide bonds. The summed E-state index contributed by atoms with van der Waals surface area (Å²) >= 11 is 0. The third-order valence-corrected chi connectivity index (χ3v) is 1.06. The van der Waals surface area contributed by atoms with Crippen molar-refractivity contribution >= 4 is 5.94 Å². The highest BCUT2D eigenvalue weighted by Gasteiger charge is 1.87. The Hall–Kier alpha value is -1.53. The van der Waals surface area contributed by atoms with Crippen molar-refractivity contribution < 1.29 is 4.79 Å². The molecule has 0 saturated heterocycles. The number of allylic oxidation sites excluding steroid dienone is 5. The van der Waals surface area contributed by atoms with Gasteiger partial charge in [-0.1, -0.05) is 6.08 Å². The van der Waals surface area contributed by atoms with E-state index in [0.29, 0.717) is 0 Å². The summed E-state index contributed by atoms with van der Waals surface area (Å²) in [7, 11) is 0. The van der Waals surface area contributed by atoms with E-state index in [9.17, 15) is 4.79 Å². The first kappa shape index (κ1) is 6.59. The van der Waals surface area contributed by atoms with E-state index >= 15 is 0 Å². The molecule has 0 aliphatic carbocycles. The molecular weight excluding hydrogens is 126 g/mol. The predicted octanol–water partition coefficient (Wildman–Crippen LogP) is 0.931. The highest BCUT2D eigenvalue weighted by molar-refractivity contribution is 5.50. The fraction of sp³-hybridized carbons (Fsp3) is 0. The van der Waals surface area contributed by atoms with Gasteiger partial charge in [-0.2, -0.15) is 0 Å². The number of dihydropyridines is 1. The van der Waals surface area contributed by atoms with Crippen LogP contribution in [0, 0.1) is 0 Å². The lowest BCUT2D eigenvalue weighted by atomic mass is 10.3. The minimum absolute atomic E-state index is 0.894. The van der Waals surface area contributed by atoms with Gasteiger partial charge in [0.2, 0.25) is 0 Å². The molecule has 2 heteroatoms. The van der Waals surface area contributed by atoms with Crippen LogP contribution in [0.3, 0.4) is 0 Å². The standard InChI is InChI=1S/C8H7NO/c10-7-3-5-8-4-1-2-6-9-8/h1-6,9H. The van der Waals surface area contributed by atoms with Crippen LogP contribution in [0.15, 0.2) is 42.3 Å². The van der Waals surface area contributed by atoms with Gasteiger partial charge < -0.3 is 5.32 Å². The molecular formula is C8H7NO. The van der Waals surface area contributed by atoms with Gasteiger partial charge in [-0.25, -0.2) is 4.79 Å². The zero-order valence-electron chi connectivity index (χ0n) is 5.37. The van der Waals surface area contributed by atoms with Crippen molar-refractivity contribution in [1.29, 1.82) is 0 Å². The van der Waals surface area contributed by atoms with Crippen molar-refractivity contribution in [2.24, 2.45) is 0 Å². The van der Waals surface area contributed by atoms with Crippen LogP contribution in [0.1, 0.15) is 0 Å². The van der Waals surface area contributed by atoms with Gasteiger partial charge in [-0.15, -0.1) is 0 Å². The Morgan fingerprint density at radius 2 is 2.40 bits per heavy atom. The average Bonchev–Trinajstić information content (AvgIpc) is 2.03. The van der Waals surface area contributed by atoms with E-state index in [1.54, 1.807) is 18.2 Å². The number of rotatable bonds is 1. The maximum absolute atomic E-state index is 9.75. The van der Waals surface area contributed by atoms with E-state index in [0.717, 1.165) is 5.70 Å². The number of hydrogen-bond acceptors (Lipinski definition) is 2. The van der Waals surface area contributed by atoms with Crippen LogP contribution in [-0.2, 0) is 4.79 Å². The molecule has 1 heterocycles.